The second-order valence-corrected chi connectivity index (χ2v) is 6.45. The van der Waals surface area contributed by atoms with Gasteiger partial charge in [0.1, 0.15) is 5.82 Å². The summed E-state index contributed by atoms with van der Waals surface area (Å²) in [7, 11) is 0. The Kier molecular flexibility index (Phi) is 3.24. The summed E-state index contributed by atoms with van der Waals surface area (Å²) >= 11 is 6.20. The van der Waals surface area contributed by atoms with Crippen LogP contribution in [0.15, 0.2) is 42.5 Å². The van der Waals surface area contributed by atoms with E-state index < -0.39 is 0 Å². The molecule has 1 nitrogen and oxygen atoms in total. The molecule has 0 aromatic heterocycles. The minimum atomic E-state index is -0.111. The fraction of sp³-hybridized carbons (Fsp3) is 0.333. The van der Waals surface area contributed by atoms with Crippen molar-refractivity contribution in [3.63, 3.8) is 0 Å². The van der Waals surface area contributed by atoms with Gasteiger partial charge in [-0.2, -0.15) is 0 Å². The second kappa shape index (κ2) is 5.11. The normalized spacial score (nSPS) is 27.2. The summed E-state index contributed by atoms with van der Waals surface area (Å²) in [6.45, 7) is 1.03. The van der Waals surface area contributed by atoms with Crippen LogP contribution in [0.25, 0.3) is 0 Å². The number of hydrogen-bond donors (Lipinski definition) is 1. The predicted octanol–water partition coefficient (Wildman–Crippen LogP) is 4.67. The Morgan fingerprint density at radius 2 is 1.90 bits per heavy atom. The topological polar surface area (TPSA) is 12.0 Å². The molecule has 3 unspecified atom stereocenters. The zero-order chi connectivity index (χ0) is 14.4. The molecule has 108 valence electrons. The number of piperidine rings is 1. The van der Waals surface area contributed by atoms with Crippen LogP contribution in [0.4, 0.5) is 4.39 Å². The highest BCUT2D eigenvalue weighted by Crippen LogP contribution is 2.52. The Labute approximate surface area is 129 Å². The van der Waals surface area contributed by atoms with Crippen molar-refractivity contribution >= 4 is 11.6 Å². The van der Waals surface area contributed by atoms with Gasteiger partial charge in [0.2, 0.25) is 0 Å². The van der Waals surface area contributed by atoms with Crippen LogP contribution in [0.3, 0.4) is 0 Å². The van der Waals surface area contributed by atoms with Gasteiger partial charge in [0, 0.05) is 17.0 Å². The summed E-state index contributed by atoms with van der Waals surface area (Å²) in [5.74, 6) is 0.418. The van der Waals surface area contributed by atoms with Crippen molar-refractivity contribution in [3.05, 3.63) is 70.0 Å². The number of nitrogens with one attached hydrogen (secondary N) is 1. The fourth-order valence-corrected chi connectivity index (χ4v) is 4.25. The molecule has 1 N–H and O–H groups in total. The van der Waals surface area contributed by atoms with Crippen molar-refractivity contribution in [1.82, 2.24) is 5.32 Å². The molecule has 0 bridgehead atoms. The van der Waals surface area contributed by atoms with E-state index in [1.165, 1.54) is 11.1 Å². The molecule has 1 fully saturated rings. The van der Waals surface area contributed by atoms with E-state index in [0.717, 1.165) is 30.0 Å². The summed E-state index contributed by atoms with van der Waals surface area (Å²) < 4.78 is 14.3. The van der Waals surface area contributed by atoms with E-state index >= 15 is 0 Å². The standard InChI is InChI=1S/C18H17ClFN/c19-11-7-8-12-15(10-11)17(13-4-1-2-6-16(13)20)14-5-3-9-21-18(12)14/h1-2,4,6-8,10,14,17-18,21H,3,5,9H2. The van der Waals surface area contributed by atoms with Gasteiger partial charge in [-0.05, 0) is 60.2 Å². The molecule has 0 radical (unpaired) electrons. The Hall–Kier alpha value is -1.38. The lowest BCUT2D eigenvalue weighted by molar-refractivity contribution is 0.284. The molecule has 0 amide bonds. The van der Waals surface area contributed by atoms with Crippen molar-refractivity contribution in [3.8, 4) is 0 Å². The van der Waals surface area contributed by atoms with Crippen LogP contribution in [0, 0.1) is 11.7 Å². The molecule has 2 aliphatic rings. The van der Waals surface area contributed by atoms with E-state index in [9.17, 15) is 4.39 Å². The maximum absolute atomic E-state index is 14.3. The first-order chi connectivity index (χ1) is 10.3. The van der Waals surface area contributed by atoms with Crippen LogP contribution < -0.4 is 5.32 Å². The van der Waals surface area contributed by atoms with Crippen LogP contribution in [-0.4, -0.2) is 6.54 Å². The summed E-state index contributed by atoms with van der Waals surface area (Å²) in [6.07, 6.45) is 2.27. The molecule has 0 saturated carbocycles. The molecule has 21 heavy (non-hydrogen) atoms. The first kappa shape index (κ1) is 13.3. The number of benzene rings is 2. The van der Waals surface area contributed by atoms with Crippen LogP contribution in [0.1, 0.15) is 41.5 Å². The number of rotatable bonds is 1. The Bertz CT molecular complexity index is 685. The third-order valence-electron chi connectivity index (χ3n) is 4.89. The highest BCUT2D eigenvalue weighted by Gasteiger charge is 2.43. The smallest absolute Gasteiger partial charge is 0.127 e. The SMILES string of the molecule is Fc1ccccc1C1c2cc(Cl)ccc2C2NCCCC21. The quantitative estimate of drug-likeness (QED) is 0.807. The van der Waals surface area contributed by atoms with E-state index in [-0.39, 0.29) is 11.7 Å². The molecule has 3 atom stereocenters. The van der Waals surface area contributed by atoms with Gasteiger partial charge in [0.15, 0.2) is 0 Å². The highest BCUT2D eigenvalue weighted by atomic mass is 35.5. The van der Waals surface area contributed by atoms with Crippen molar-refractivity contribution in [2.45, 2.75) is 24.8 Å². The van der Waals surface area contributed by atoms with E-state index in [1.54, 1.807) is 12.1 Å². The molecule has 0 spiro atoms. The van der Waals surface area contributed by atoms with Crippen molar-refractivity contribution < 1.29 is 4.39 Å². The van der Waals surface area contributed by atoms with Gasteiger partial charge < -0.3 is 5.32 Å². The van der Waals surface area contributed by atoms with Crippen molar-refractivity contribution in [2.75, 3.05) is 6.54 Å². The lowest BCUT2D eigenvalue weighted by Crippen LogP contribution is -2.33. The molecular weight excluding hydrogens is 285 g/mol. The Morgan fingerprint density at radius 1 is 1.05 bits per heavy atom. The molecule has 1 aliphatic carbocycles. The van der Waals surface area contributed by atoms with Gasteiger partial charge in [-0.25, -0.2) is 4.39 Å². The highest BCUT2D eigenvalue weighted by molar-refractivity contribution is 6.30. The number of hydrogen-bond acceptors (Lipinski definition) is 1. The van der Waals surface area contributed by atoms with E-state index in [0.29, 0.717) is 12.0 Å². The third kappa shape index (κ3) is 2.09. The molecule has 4 rings (SSSR count). The predicted molar refractivity (Wildman–Crippen MR) is 83.2 cm³/mol. The number of fused-ring (bicyclic) bond motifs is 3. The van der Waals surface area contributed by atoms with Crippen molar-refractivity contribution in [1.29, 1.82) is 0 Å². The molecule has 1 aliphatic heterocycles. The zero-order valence-corrected chi connectivity index (χ0v) is 12.4. The minimum absolute atomic E-state index is 0.109. The van der Waals surface area contributed by atoms with Crippen LogP contribution in [0.2, 0.25) is 5.02 Å². The molecule has 2 aromatic rings. The summed E-state index contributed by atoms with van der Waals surface area (Å²) in [5, 5.41) is 4.34. The minimum Gasteiger partial charge on any atom is -0.310 e. The van der Waals surface area contributed by atoms with E-state index in [2.05, 4.69) is 11.4 Å². The lowest BCUT2D eigenvalue weighted by atomic mass is 9.80. The van der Waals surface area contributed by atoms with Crippen LogP contribution in [-0.2, 0) is 0 Å². The van der Waals surface area contributed by atoms with E-state index in [4.69, 9.17) is 11.6 Å². The zero-order valence-electron chi connectivity index (χ0n) is 11.7. The van der Waals surface area contributed by atoms with Gasteiger partial charge in [-0.15, -0.1) is 0 Å². The van der Waals surface area contributed by atoms with Crippen LogP contribution >= 0.6 is 11.6 Å². The first-order valence-electron chi connectivity index (χ1n) is 7.53. The van der Waals surface area contributed by atoms with Gasteiger partial charge in [0.25, 0.3) is 0 Å². The second-order valence-electron chi connectivity index (χ2n) is 6.01. The fourth-order valence-electron chi connectivity index (χ4n) is 4.07. The average molecular weight is 302 g/mol. The average Bonchev–Trinajstić information content (AvgIpc) is 2.81. The van der Waals surface area contributed by atoms with Crippen LogP contribution in [0.5, 0.6) is 0 Å². The molecule has 1 saturated heterocycles. The van der Waals surface area contributed by atoms with Gasteiger partial charge >= 0.3 is 0 Å². The molecule has 2 aromatic carbocycles. The Balaban J connectivity index is 1.89. The monoisotopic (exact) mass is 301 g/mol. The summed E-state index contributed by atoms with van der Waals surface area (Å²) in [6, 6.07) is 13.6. The first-order valence-corrected chi connectivity index (χ1v) is 7.90. The lowest BCUT2D eigenvalue weighted by Gasteiger charge is -2.31. The molecular formula is C18H17ClFN. The van der Waals surface area contributed by atoms with Gasteiger partial charge in [-0.1, -0.05) is 35.9 Å². The number of halogens is 2. The summed E-state index contributed by atoms with van der Waals surface area (Å²) in [5.41, 5.74) is 3.28. The third-order valence-corrected chi connectivity index (χ3v) is 5.13. The largest absolute Gasteiger partial charge is 0.310 e. The summed E-state index contributed by atoms with van der Waals surface area (Å²) in [4.78, 5) is 0. The maximum atomic E-state index is 14.3. The maximum Gasteiger partial charge on any atom is 0.127 e. The van der Waals surface area contributed by atoms with Crippen molar-refractivity contribution in [2.24, 2.45) is 5.92 Å². The molecule has 1 heterocycles. The molecule has 3 heteroatoms. The van der Waals surface area contributed by atoms with Gasteiger partial charge in [0.05, 0.1) is 0 Å². The Morgan fingerprint density at radius 3 is 2.76 bits per heavy atom. The van der Waals surface area contributed by atoms with E-state index in [1.807, 2.05) is 24.3 Å². The van der Waals surface area contributed by atoms with Gasteiger partial charge in [-0.3, -0.25) is 0 Å².